The quantitative estimate of drug-likeness (QED) is 0.0877. The Bertz CT molecular complexity index is 1760. The highest BCUT2D eigenvalue weighted by molar-refractivity contribution is 7.97. The smallest absolute Gasteiger partial charge is 0.212 e. The fraction of sp³-hybridized carbons (Fsp3) is 0.178. The molecule has 0 saturated carbocycles. The summed E-state index contributed by atoms with van der Waals surface area (Å²) in [6.45, 7) is 11.2. The van der Waals surface area contributed by atoms with Gasteiger partial charge in [-0.15, -0.1) is 5.31 Å². The number of rotatable bonds is 9. The molecule has 49 heavy (non-hydrogen) atoms. The number of ether oxygens (including phenoxy) is 1. The topological polar surface area (TPSA) is 26.3 Å². The van der Waals surface area contributed by atoms with E-state index in [4.69, 9.17) is 4.74 Å². The van der Waals surface area contributed by atoms with Gasteiger partial charge in [-0.3, -0.25) is 4.79 Å². The van der Waals surface area contributed by atoms with Crippen molar-refractivity contribution in [2.75, 3.05) is 12.9 Å². The maximum atomic E-state index is 12.9. The van der Waals surface area contributed by atoms with Gasteiger partial charge in [0, 0.05) is 5.56 Å². The molecule has 248 valence electrons. The molecule has 6 rings (SSSR count). The van der Waals surface area contributed by atoms with Gasteiger partial charge in [-0.2, -0.15) is 16.4 Å². The number of carbonyl (C=O) groups excluding carboxylic acids is 1. The molecule has 0 spiro atoms. The predicted molar refractivity (Wildman–Crippen MR) is 212 cm³/mol. The van der Waals surface area contributed by atoms with Gasteiger partial charge in [-0.25, -0.2) is 0 Å². The lowest BCUT2D eigenvalue weighted by atomic mass is 9.07. The van der Waals surface area contributed by atoms with Crippen LogP contribution in [0.25, 0.3) is 0 Å². The highest BCUT2D eigenvalue weighted by Gasteiger charge is 2.39. The predicted octanol–water partition coefficient (Wildman–Crippen LogP) is 9.19. The molecule has 0 radical (unpaired) electrons. The summed E-state index contributed by atoms with van der Waals surface area (Å²) in [5.41, 5.74) is 7.38. The molecule has 6 aromatic carbocycles. The van der Waals surface area contributed by atoms with Gasteiger partial charge in [0.2, 0.25) is 5.78 Å². The van der Waals surface area contributed by atoms with Crippen molar-refractivity contribution in [3.63, 3.8) is 0 Å². The third kappa shape index (κ3) is 8.27. The molecule has 0 heterocycles. The molecule has 6 aromatic rings. The first-order valence-corrected chi connectivity index (χ1v) is 18.4. The van der Waals surface area contributed by atoms with Crippen molar-refractivity contribution in [3.8, 4) is 5.75 Å². The molecule has 0 aliphatic rings. The molecular formula is C45H47BO2S. The number of ketones is 1. The Balaban J connectivity index is 0.000000192. The van der Waals surface area contributed by atoms with Gasteiger partial charge in [0.15, 0.2) is 15.5 Å². The summed E-state index contributed by atoms with van der Waals surface area (Å²) < 4.78 is 5.18. The third-order valence-electron chi connectivity index (χ3n) is 9.50. The van der Waals surface area contributed by atoms with E-state index in [1.54, 1.807) is 7.11 Å². The molecule has 2 nitrogen and oxygen atoms in total. The zero-order valence-corrected chi connectivity index (χ0v) is 30.4. The monoisotopic (exact) mass is 662 g/mol. The van der Waals surface area contributed by atoms with Crippen LogP contribution in [0.1, 0.15) is 42.3 Å². The first-order chi connectivity index (χ1) is 23.6. The SMILES string of the molecule is CC(C)(C)[B-](c1ccccc1)(c1ccccc1)c1ccccc1.COc1ccc(C(=O)C[S+](c2ccc(C)cc2)c2ccc(C)cc2)cc1. The van der Waals surface area contributed by atoms with E-state index in [0.717, 1.165) is 11.3 Å². The largest absolute Gasteiger partial charge is 0.497 e. The Kier molecular flexibility index (Phi) is 11.6. The molecule has 0 N–H and O–H groups in total. The van der Waals surface area contributed by atoms with E-state index in [0.29, 0.717) is 5.75 Å². The Labute approximate surface area is 296 Å². The van der Waals surface area contributed by atoms with Gasteiger partial charge in [-0.1, -0.05) is 147 Å². The summed E-state index contributed by atoms with van der Waals surface area (Å²) in [5, 5.41) is 0.0874. The molecule has 4 heteroatoms. The van der Waals surface area contributed by atoms with Crippen LogP contribution in [0.5, 0.6) is 5.75 Å². The van der Waals surface area contributed by atoms with Crippen LogP contribution >= 0.6 is 0 Å². The first-order valence-electron chi connectivity index (χ1n) is 17.0. The molecule has 0 bridgehead atoms. The van der Waals surface area contributed by atoms with E-state index in [2.05, 4.69) is 174 Å². The molecule has 0 saturated heterocycles. The van der Waals surface area contributed by atoms with E-state index in [-0.39, 0.29) is 22.0 Å². The van der Waals surface area contributed by atoms with Crippen LogP contribution in [0.15, 0.2) is 174 Å². The van der Waals surface area contributed by atoms with E-state index in [1.807, 2.05) is 24.3 Å². The highest BCUT2D eigenvalue weighted by atomic mass is 32.2. The zero-order chi connectivity index (χ0) is 34.9. The van der Waals surface area contributed by atoms with Crippen molar-refractivity contribution >= 4 is 39.2 Å². The minimum absolute atomic E-state index is 0.0874. The fourth-order valence-corrected chi connectivity index (χ4v) is 8.97. The maximum absolute atomic E-state index is 12.9. The molecule has 0 aromatic heterocycles. The van der Waals surface area contributed by atoms with Gasteiger partial charge in [0.25, 0.3) is 0 Å². The molecular weight excluding hydrogens is 615 g/mol. The minimum atomic E-state index is -1.06. The number of aryl methyl sites for hydroxylation is 2. The number of methoxy groups -OCH3 is 1. The maximum Gasteiger partial charge on any atom is 0.212 e. The second-order valence-electron chi connectivity index (χ2n) is 13.8. The molecule has 0 aliphatic heterocycles. The number of benzene rings is 6. The Morgan fingerprint density at radius 3 is 1.24 bits per heavy atom. The van der Waals surface area contributed by atoms with E-state index < -0.39 is 6.15 Å². The number of Topliss-reactive ketones (excluding diaryl/α,β-unsaturated/α-hetero) is 1. The third-order valence-corrected chi connectivity index (χ3v) is 11.7. The van der Waals surface area contributed by atoms with Crippen LogP contribution in [0.2, 0.25) is 5.31 Å². The van der Waals surface area contributed by atoms with Crippen LogP contribution in [0, 0.1) is 13.8 Å². The first kappa shape index (κ1) is 35.5. The molecule has 0 atom stereocenters. The van der Waals surface area contributed by atoms with Crippen LogP contribution in [-0.2, 0) is 10.9 Å². The fourth-order valence-electron chi connectivity index (χ4n) is 7.00. The number of hydrogen-bond acceptors (Lipinski definition) is 2. The Morgan fingerprint density at radius 1 is 0.551 bits per heavy atom. The van der Waals surface area contributed by atoms with Crippen molar-refractivity contribution < 1.29 is 9.53 Å². The molecule has 0 fully saturated rings. The Hall–Kier alpha value is -4.80. The van der Waals surface area contributed by atoms with E-state index in [1.165, 1.54) is 37.3 Å². The summed E-state index contributed by atoms with van der Waals surface area (Å²) in [6, 6.07) is 57.3. The highest BCUT2D eigenvalue weighted by Crippen LogP contribution is 2.35. The molecule has 0 amide bonds. The average Bonchev–Trinajstić information content (AvgIpc) is 3.13. The average molecular weight is 663 g/mol. The van der Waals surface area contributed by atoms with Gasteiger partial charge in [0.05, 0.1) is 24.2 Å². The Morgan fingerprint density at radius 2 is 0.918 bits per heavy atom. The van der Waals surface area contributed by atoms with Gasteiger partial charge in [0.1, 0.15) is 5.75 Å². The van der Waals surface area contributed by atoms with Crippen LogP contribution in [0.3, 0.4) is 0 Å². The van der Waals surface area contributed by atoms with Crippen molar-refractivity contribution in [3.05, 3.63) is 180 Å². The van der Waals surface area contributed by atoms with Crippen LogP contribution in [-0.4, -0.2) is 24.8 Å². The standard InChI is InChI=1S/C23H23O2S.C22H24B/c1-17-4-12-21(13-5-17)26(22-14-6-18(2)7-15-22)16-23(24)19-8-10-20(25-3)11-9-19;1-22(2,3)23(19-13-7-4-8-14-19,20-15-9-5-10-16-20)21-17-11-6-12-18-21/h4-15H,16H2,1-3H3;4-18H,1-3H3/q+1;-1. The molecule has 0 aliphatic carbocycles. The summed E-state index contributed by atoms with van der Waals surface area (Å²) in [7, 11) is 1.34. The number of hydrogen-bond donors (Lipinski definition) is 0. The van der Waals surface area contributed by atoms with Crippen molar-refractivity contribution in [1.82, 2.24) is 0 Å². The second kappa shape index (κ2) is 16.1. The minimum Gasteiger partial charge on any atom is -0.497 e. The summed E-state index contributed by atoms with van der Waals surface area (Å²) in [4.78, 5) is 15.3. The van der Waals surface area contributed by atoms with Crippen LogP contribution in [0.4, 0.5) is 0 Å². The lowest BCUT2D eigenvalue weighted by molar-refractivity contribution is 0.102. The van der Waals surface area contributed by atoms with Gasteiger partial charge < -0.3 is 4.74 Å². The van der Waals surface area contributed by atoms with E-state index in [9.17, 15) is 4.79 Å². The second-order valence-corrected chi connectivity index (χ2v) is 15.8. The lowest BCUT2D eigenvalue weighted by Crippen LogP contribution is -2.72. The number of carbonyl (C=O) groups is 1. The van der Waals surface area contributed by atoms with E-state index >= 15 is 0 Å². The van der Waals surface area contributed by atoms with Crippen molar-refractivity contribution in [2.24, 2.45) is 0 Å². The molecule has 0 unspecified atom stereocenters. The normalized spacial score (nSPS) is 11.4. The zero-order valence-electron chi connectivity index (χ0n) is 29.6. The summed E-state index contributed by atoms with van der Waals surface area (Å²) in [6.07, 6.45) is -1.06. The van der Waals surface area contributed by atoms with Crippen molar-refractivity contribution in [2.45, 2.75) is 49.7 Å². The van der Waals surface area contributed by atoms with Crippen LogP contribution < -0.4 is 21.1 Å². The summed E-state index contributed by atoms with van der Waals surface area (Å²) in [5.74, 6) is 1.38. The lowest BCUT2D eigenvalue weighted by Gasteiger charge is -2.54. The van der Waals surface area contributed by atoms with Gasteiger partial charge in [-0.05, 0) is 62.4 Å². The van der Waals surface area contributed by atoms with Gasteiger partial charge >= 0.3 is 0 Å². The summed E-state index contributed by atoms with van der Waals surface area (Å²) >= 11 is 0. The van der Waals surface area contributed by atoms with Crippen molar-refractivity contribution in [1.29, 1.82) is 0 Å².